The van der Waals surface area contributed by atoms with Crippen molar-refractivity contribution in [2.24, 2.45) is 0 Å². The Morgan fingerprint density at radius 1 is 0.960 bits per heavy atom. The SMILES string of the molecule is Cc1cc(Nc2cccc(NC(=O)c3ccc(N)cc3)c2)nc(N)n1. The number of nitrogen functional groups attached to an aromatic ring is 2. The van der Waals surface area contributed by atoms with Gasteiger partial charge < -0.3 is 22.1 Å². The third kappa shape index (κ3) is 4.23. The minimum absolute atomic E-state index is 0.204. The first-order valence-corrected chi connectivity index (χ1v) is 7.65. The lowest BCUT2D eigenvalue weighted by Crippen LogP contribution is -2.12. The number of aryl methyl sites for hydroxylation is 1. The van der Waals surface area contributed by atoms with Crippen molar-refractivity contribution >= 4 is 34.7 Å². The number of nitrogens with zero attached hydrogens (tertiary/aromatic N) is 2. The van der Waals surface area contributed by atoms with Gasteiger partial charge in [-0.25, -0.2) is 4.98 Å². The number of hydrogen-bond donors (Lipinski definition) is 4. The number of nitrogens with two attached hydrogens (primary N) is 2. The summed E-state index contributed by atoms with van der Waals surface area (Å²) in [5, 5.41) is 6.00. The van der Waals surface area contributed by atoms with Crippen molar-refractivity contribution < 1.29 is 4.79 Å². The summed E-state index contributed by atoms with van der Waals surface area (Å²) >= 11 is 0. The predicted molar refractivity (Wildman–Crippen MR) is 99.7 cm³/mol. The fourth-order valence-corrected chi connectivity index (χ4v) is 2.32. The first-order chi connectivity index (χ1) is 12.0. The van der Waals surface area contributed by atoms with Gasteiger partial charge in [-0.2, -0.15) is 4.98 Å². The fourth-order valence-electron chi connectivity index (χ4n) is 2.32. The molecule has 0 aliphatic rings. The van der Waals surface area contributed by atoms with Crippen LogP contribution in [-0.4, -0.2) is 15.9 Å². The molecule has 25 heavy (non-hydrogen) atoms. The zero-order valence-corrected chi connectivity index (χ0v) is 13.7. The van der Waals surface area contributed by atoms with E-state index in [0.29, 0.717) is 22.8 Å². The number of nitrogens with one attached hydrogen (secondary N) is 2. The summed E-state index contributed by atoms with van der Waals surface area (Å²) in [6.07, 6.45) is 0. The predicted octanol–water partition coefficient (Wildman–Crippen LogP) is 2.95. The summed E-state index contributed by atoms with van der Waals surface area (Å²) in [6, 6.07) is 15.8. The molecule has 0 atom stereocenters. The molecule has 1 aromatic heterocycles. The number of carbonyl (C=O) groups is 1. The third-order valence-corrected chi connectivity index (χ3v) is 3.44. The second-order valence-electron chi connectivity index (χ2n) is 5.53. The Hall–Kier alpha value is -3.61. The molecule has 0 fully saturated rings. The van der Waals surface area contributed by atoms with Crippen molar-refractivity contribution in [3.05, 3.63) is 65.9 Å². The highest BCUT2D eigenvalue weighted by molar-refractivity contribution is 6.04. The molecule has 126 valence electrons. The molecule has 3 aromatic rings. The van der Waals surface area contributed by atoms with Gasteiger partial charge in [0.05, 0.1) is 0 Å². The number of amides is 1. The smallest absolute Gasteiger partial charge is 0.255 e. The highest BCUT2D eigenvalue weighted by atomic mass is 16.1. The minimum atomic E-state index is -0.209. The van der Waals surface area contributed by atoms with E-state index in [-0.39, 0.29) is 11.9 Å². The zero-order valence-electron chi connectivity index (χ0n) is 13.7. The van der Waals surface area contributed by atoms with E-state index in [1.807, 2.05) is 25.1 Å². The molecule has 0 aliphatic carbocycles. The van der Waals surface area contributed by atoms with Crippen LogP contribution in [0.5, 0.6) is 0 Å². The first-order valence-electron chi connectivity index (χ1n) is 7.65. The summed E-state index contributed by atoms with van der Waals surface area (Å²) in [4.78, 5) is 20.4. The number of aromatic nitrogens is 2. The second kappa shape index (κ2) is 6.88. The summed E-state index contributed by atoms with van der Waals surface area (Å²) in [5.41, 5.74) is 14.6. The number of hydrogen-bond acceptors (Lipinski definition) is 6. The van der Waals surface area contributed by atoms with Gasteiger partial charge in [-0.1, -0.05) is 6.07 Å². The van der Waals surface area contributed by atoms with E-state index in [1.54, 1.807) is 36.4 Å². The van der Waals surface area contributed by atoms with E-state index in [9.17, 15) is 4.79 Å². The lowest BCUT2D eigenvalue weighted by Gasteiger charge is -2.10. The van der Waals surface area contributed by atoms with E-state index >= 15 is 0 Å². The topological polar surface area (TPSA) is 119 Å². The molecule has 0 saturated heterocycles. The molecule has 7 nitrogen and oxygen atoms in total. The van der Waals surface area contributed by atoms with E-state index in [2.05, 4.69) is 20.6 Å². The van der Waals surface area contributed by atoms with Gasteiger partial charge in [0.2, 0.25) is 5.95 Å². The second-order valence-corrected chi connectivity index (χ2v) is 5.53. The average Bonchev–Trinajstić information content (AvgIpc) is 2.54. The molecule has 2 aromatic carbocycles. The van der Waals surface area contributed by atoms with Crippen LogP contribution < -0.4 is 22.1 Å². The van der Waals surface area contributed by atoms with Crippen molar-refractivity contribution in [1.29, 1.82) is 0 Å². The summed E-state index contributed by atoms with van der Waals surface area (Å²) in [5.74, 6) is 0.585. The van der Waals surface area contributed by atoms with Gasteiger partial charge in [-0.05, 0) is 49.4 Å². The molecule has 1 heterocycles. The molecule has 3 rings (SSSR count). The molecule has 0 aliphatic heterocycles. The van der Waals surface area contributed by atoms with E-state index in [0.717, 1.165) is 11.4 Å². The van der Waals surface area contributed by atoms with Crippen LogP contribution in [-0.2, 0) is 0 Å². The number of carbonyl (C=O) groups excluding carboxylic acids is 1. The highest BCUT2D eigenvalue weighted by Gasteiger charge is 2.07. The van der Waals surface area contributed by atoms with Crippen LogP contribution in [0, 0.1) is 6.92 Å². The Bertz CT molecular complexity index is 887. The minimum Gasteiger partial charge on any atom is -0.399 e. The van der Waals surface area contributed by atoms with Crippen molar-refractivity contribution in [2.45, 2.75) is 6.92 Å². The summed E-state index contributed by atoms with van der Waals surface area (Å²) in [7, 11) is 0. The molecule has 7 heteroatoms. The number of rotatable bonds is 4. The van der Waals surface area contributed by atoms with Crippen LogP contribution in [0.4, 0.5) is 28.8 Å². The van der Waals surface area contributed by atoms with Crippen LogP contribution in [0.15, 0.2) is 54.6 Å². The standard InChI is InChI=1S/C18H18N6O/c1-11-9-16(24-18(20)21-11)22-14-3-2-4-15(10-14)23-17(25)12-5-7-13(19)8-6-12/h2-10H,19H2,1H3,(H,23,25)(H3,20,21,22,24). The van der Waals surface area contributed by atoms with E-state index in [4.69, 9.17) is 11.5 Å². The molecule has 6 N–H and O–H groups in total. The van der Waals surface area contributed by atoms with Gasteiger partial charge in [0, 0.05) is 34.4 Å². The third-order valence-electron chi connectivity index (χ3n) is 3.44. The summed E-state index contributed by atoms with van der Waals surface area (Å²) in [6.45, 7) is 1.84. The molecule has 1 amide bonds. The Kier molecular flexibility index (Phi) is 4.47. The molecule has 0 saturated carbocycles. The molecule has 0 bridgehead atoms. The Morgan fingerprint density at radius 3 is 2.40 bits per heavy atom. The van der Waals surface area contributed by atoms with Crippen molar-refractivity contribution in [3.63, 3.8) is 0 Å². The normalized spacial score (nSPS) is 10.3. The first kappa shape index (κ1) is 16.3. The van der Waals surface area contributed by atoms with Gasteiger partial charge in [0.15, 0.2) is 0 Å². The van der Waals surface area contributed by atoms with E-state index < -0.39 is 0 Å². The van der Waals surface area contributed by atoms with Gasteiger partial charge in [0.1, 0.15) is 5.82 Å². The zero-order chi connectivity index (χ0) is 17.8. The Labute approximate surface area is 145 Å². The molecule has 0 radical (unpaired) electrons. The fraction of sp³-hybridized carbons (Fsp3) is 0.0556. The van der Waals surface area contributed by atoms with E-state index in [1.165, 1.54) is 0 Å². The molecule has 0 unspecified atom stereocenters. The maximum atomic E-state index is 12.3. The van der Waals surface area contributed by atoms with Crippen molar-refractivity contribution in [3.8, 4) is 0 Å². The van der Waals surface area contributed by atoms with Crippen LogP contribution in [0.3, 0.4) is 0 Å². The van der Waals surface area contributed by atoms with Gasteiger partial charge in [-0.15, -0.1) is 0 Å². The Balaban J connectivity index is 1.74. The van der Waals surface area contributed by atoms with Crippen molar-refractivity contribution in [2.75, 3.05) is 22.1 Å². The quantitative estimate of drug-likeness (QED) is 0.545. The molecular weight excluding hydrogens is 316 g/mol. The van der Waals surface area contributed by atoms with Crippen molar-refractivity contribution in [1.82, 2.24) is 9.97 Å². The average molecular weight is 334 g/mol. The highest BCUT2D eigenvalue weighted by Crippen LogP contribution is 2.20. The van der Waals surface area contributed by atoms with Crippen LogP contribution >= 0.6 is 0 Å². The Morgan fingerprint density at radius 2 is 1.68 bits per heavy atom. The maximum Gasteiger partial charge on any atom is 0.255 e. The lowest BCUT2D eigenvalue weighted by atomic mass is 10.2. The van der Waals surface area contributed by atoms with Crippen LogP contribution in [0.2, 0.25) is 0 Å². The largest absolute Gasteiger partial charge is 0.399 e. The maximum absolute atomic E-state index is 12.3. The van der Waals surface area contributed by atoms with Gasteiger partial charge in [-0.3, -0.25) is 4.79 Å². The summed E-state index contributed by atoms with van der Waals surface area (Å²) < 4.78 is 0. The van der Waals surface area contributed by atoms with Gasteiger partial charge >= 0.3 is 0 Å². The number of benzene rings is 2. The lowest BCUT2D eigenvalue weighted by molar-refractivity contribution is 0.102. The molecular formula is C18H18N6O. The monoisotopic (exact) mass is 334 g/mol. The van der Waals surface area contributed by atoms with Crippen LogP contribution in [0.1, 0.15) is 16.1 Å². The number of anilines is 5. The molecule has 0 spiro atoms. The van der Waals surface area contributed by atoms with Gasteiger partial charge in [0.25, 0.3) is 5.91 Å². The van der Waals surface area contributed by atoms with Crippen LogP contribution in [0.25, 0.3) is 0 Å².